The van der Waals surface area contributed by atoms with E-state index in [0.29, 0.717) is 3.42 Å². The third kappa shape index (κ3) is 2.28. The van der Waals surface area contributed by atoms with Gasteiger partial charge in [0.2, 0.25) is 0 Å². The van der Waals surface area contributed by atoms with Gasteiger partial charge in [-0.2, -0.15) is 0 Å². The van der Waals surface area contributed by atoms with E-state index in [-0.39, 0.29) is 0 Å². The van der Waals surface area contributed by atoms with Crippen molar-refractivity contribution >= 4 is 22.6 Å². The van der Waals surface area contributed by atoms with E-state index in [9.17, 15) is 0 Å². The van der Waals surface area contributed by atoms with Gasteiger partial charge in [-0.05, 0) is 25.7 Å². The van der Waals surface area contributed by atoms with Gasteiger partial charge in [0.1, 0.15) is 0 Å². The fourth-order valence-electron chi connectivity index (χ4n) is 1.05. The van der Waals surface area contributed by atoms with Crippen molar-refractivity contribution in [2.75, 3.05) is 0 Å². The lowest BCUT2D eigenvalue weighted by molar-refractivity contribution is 0.542. The van der Waals surface area contributed by atoms with E-state index in [1.165, 1.54) is 12.8 Å². The Hall–Kier alpha value is 0.470. The van der Waals surface area contributed by atoms with Gasteiger partial charge in [0.05, 0.1) is 0 Å². The Balaban J connectivity index is 2.58. The first-order valence-corrected chi connectivity index (χ1v) is 4.56. The van der Waals surface area contributed by atoms with E-state index < -0.39 is 0 Å². The molecule has 2 unspecified atom stereocenters. The van der Waals surface area contributed by atoms with Gasteiger partial charge in [-0.25, -0.2) is 0 Å². The predicted molar refractivity (Wildman–Crippen MR) is 50.0 cm³/mol. The van der Waals surface area contributed by atoms with Crippen molar-refractivity contribution in [3.05, 3.63) is 12.2 Å². The van der Waals surface area contributed by atoms with Crippen LogP contribution >= 0.6 is 22.6 Å². The molecule has 1 aliphatic rings. The van der Waals surface area contributed by atoms with Crippen LogP contribution < -0.4 is 0 Å². The molecule has 0 spiro atoms. The van der Waals surface area contributed by atoms with Crippen molar-refractivity contribution in [1.82, 2.24) is 0 Å². The molecule has 0 radical (unpaired) electrons. The molecule has 9 heavy (non-hydrogen) atoms. The molecule has 1 aliphatic carbocycles. The fourth-order valence-corrected chi connectivity index (χ4v) is 1.57. The maximum Gasteiger partial charge on any atom is 0.0373 e. The molecule has 52 valence electrons. The number of hydrogen-bond donors (Lipinski definition) is 0. The highest BCUT2D eigenvalue weighted by molar-refractivity contribution is 14.1. The lowest BCUT2D eigenvalue weighted by atomic mass is 9.91. The molecule has 0 amide bonds. The van der Waals surface area contributed by atoms with E-state index in [2.05, 4.69) is 48.6 Å². The summed E-state index contributed by atoms with van der Waals surface area (Å²) in [5.41, 5.74) is 0. The van der Waals surface area contributed by atoms with Gasteiger partial charge in [-0.15, -0.1) is 0 Å². The Morgan fingerprint density at radius 2 is 2.33 bits per heavy atom. The molecule has 0 aromatic heterocycles. The predicted octanol–water partition coefficient (Wildman–Crippen LogP) is 3.17. The van der Waals surface area contributed by atoms with Crippen LogP contribution in [0.15, 0.2) is 12.2 Å². The van der Waals surface area contributed by atoms with E-state index >= 15 is 0 Å². The van der Waals surface area contributed by atoms with Gasteiger partial charge in [0.15, 0.2) is 0 Å². The average molecular weight is 236 g/mol. The largest absolute Gasteiger partial charge is 0.0844 e. The summed E-state index contributed by atoms with van der Waals surface area (Å²) in [4.78, 5) is 0. The zero-order valence-electron chi connectivity index (χ0n) is 6.02. The van der Waals surface area contributed by atoms with Gasteiger partial charge < -0.3 is 0 Å². The quantitative estimate of drug-likeness (QED) is 0.344. The van der Waals surface area contributed by atoms with E-state index in [4.69, 9.17) is 0 Å². The number of rotatable bonds is 0. The summed E-state index contributed by atoms with van der Waals surface area (Å²) in [5, 5.41) is 0. The molecule has 0 saturated heterocycles. The maximum absolute atomic E-state index is 2.51. The number of halogens is 1. The van der Waals surface area contributed by atoms with Crippen molar-refractivity contribution in [2.45, 2.75) is 30.1 Å². The van der Waals surface area contributed by atoms with E-state index in [1.54, 1.807) is 0 Å². The molecule has 1 rings (SSSR count). The Bertz CT molecular complexity index is 125. The number of alkyl halides is 1. The second kappa shape index (κ2) is 2.60. The van der Waals surface area contributed by atoms with Crippen LogP contribution in [0.4, 0.5) is 0 Å². The summed E-state index contributed by atoms with van der Waals surface area (Å²) in [5.74, 6) is 0.813. The van der Waals surface area contributed by atoms with Gasteiger partial charge in [-0.1, -0.05) is 41.7 Å². The standard InChI is InChI=1S/C8H13I/c1-7-3-5-8(2,9)6-4-7/h3,5,7H,4,6H2,1-2H3. The highest BCUT2D eigenvalue weighted by Crippen LogP contribution is 2.32. The first-order valence-electron chi connectivity index (χ1n) is 3.48. The van der Waals surface area contributed by atoms with Crippen LogP contribution in [0, 0.1) is 5.92 Å². The van der Waals surface area contributed by atoms with Crippen molar-refractivity contribution in [2.24, 2.45) is 5.92 Å². The highest BCUT2D eigenvalue weighted by atomic mass is 127. The summed E-state index contributed by atoms with van der Waals surface area (Å²) < 4.78 is 0.449. The van der Waals surface area contributed by atoms with E-state index in [1.807, 2.05) is 0 Å². The van der Waals surface area contributed by atoms with Crippen molar-refractivity contribution in [3.8, 4) is 0 Å². The molecule has 1 heteroatoms. The molecule has 0 fully saturated rings. The monoisotopic (exact) mass is 236 g/mol. The SMILES string of the molecule is CC1C=CC(C)(I)CC1. The van der Waals surface area contributed by atoms with Crippen molar-refractivity contribution in [3.63, 3.8) is 0 Å². The van der Waals surface area contributed by atoms with Crippen LogP contribution in [0.1, 0.15) is 26.7 Å². The molecule has 0 heterocycles. The Labute approximate surface area is 70.9 Å². The zero-order chi connectivity index (χ0) is 6.91. The van der Waals surface area contributed by atoms with Crippen LogP contribution in [0.25, 0.3) is 0 Å². The van der Waals surface area contributed by atoms with Crippen LogP contribution in [0.3, 0.4) is 0 Å². The van der Waals surface area contributed by atoms with Gasteiger partial charge in [0.25, 0.3) is 0 Å². The molecular weight excluding hydrogens is 223 g/mol. The fraction of sp³-hybridized carbons (Fsp3) is 0.750. The summed E-state index contributed by atoms with van der Waals surface area (Å²) in [6.45, 7) is 4.57. The van der Waals surface area contributed by atoms with Crippen LogP contribution in [0.2, 0.25) is 0 Å². The van der Waals surface area contributed by atoms with Crippen LogP contribution in [-0.4, -0.2) is 3.42 Å². The lowest BCUT2D eigenvalue weighted by Crippen LogP contribution is -2.17. The van der Waals surface area contributed by atoms with Gasteiger partial charge in [-0.3, -0.25) is 0 Å². The maximum atomic E-state index is 2.51. The number of hydrogen-bond acceptors (Lipinski definition) is 0. The van der Waals surface area contributed by atoms with Gasteiger partial charge in [0, 0.05) is 3.42 Å². The van der Waals surface area contributed by atoms with E-state index in [0.717, 1.165) is 5.92 Å². The molecule has 0 aliphatic heterocycles. The molecule has 0 saturated carbocycles. The molecule has 0 aromatic carbocycles. The normalized spacial score (nSPS) is 43.2. The first kappa shape index (κ1) is 7.58. The molecular formula is C8H13I. The third-order valence-corrected chi connectivity index (χ3v) is 2.76. The smallest absolute Gasteiger partial charge is 0.0373 e. The third-order valence-electron chi connectivity index (χ3n) is 1.86. The summed E-state index contributed by atoms with van der Waals surface area (Å²) in [6.07, 6.45) is 7.36. The summed E-state index contributed by atoms with van der Waals surface area (Å²) >= 11 is 2.51. The molecule has 2 atom stereocenters. The second-order valence-corrected chi connectivity index (χ2v) is 5.62. The van der Waals surface area contributed by atoms with Crippen LogP contribution in [-0.2, 0) is 0 Å². The summed E-state index contributed by atoms with van der Waals surface area (Å²) in [7, 11) is 0. The minimum absolute atomic E-state index is 0.449. The Morgan fingerprint density at radius 1 is 1.67 bits per heavy atom. The van der Waals surface area contributed by atoms with Crippen molar-refractivity contribution in [1.29, 1.82) is 0 Å². The minimum Gasteiger partial charge on any atom is -0.0844 e. The summed E-state index contributed by atoms with van der Waals surface area (Å²) in [6, 6.07) is 0. The lowest BCUT2D eigenvalue weighted by Gasteiger charge is -2.24. The second-order valence-electron chi connectivity index (χ2n) is 3.15. The van der Waals surface area contributed by atoms with Gasteiger partial charge >= 0.3 is 0 Å². The highest BCUT2D eigenvalue weighted by Gasteiger charge is 2.20. The Morgan fingerprint density at radius 3 is 2.67 bits per heavy atom. The first-order chi connectivity index (χ1) is 4.10. The van der Waals surface area contributed by atoms with Crippen molar-refractivity contribution < 1.29 is 0 Å². The average Bonchev–Trinajstić information content (AvgIpc) is 1.78. The topological polar surface area (TPSA) is 0 Å². The number of allylic oxidation sites excluding steroid dienone is 2. The molecule has 0 bridgehead atoms. The molecule has 0 aromatic rings. The Kier molecular flexibility index (Phi) is 2.19. The zero-order valence-corrected chi connectivity index (χ0v) is 8.18. The minimum atomic E-state index is 0.449. The molecule has 0 N–H and O–H groups in total. The molecule has 0 nitrogen and oxygen atoms in total. The van der Waals surface area contributed by atoms with Crippen LogP contribution in [0.5, 0.6) is 0 Å².